The second-order valence-electron chi connectivity index (χ2n) is 7.68. The molecule has 1 aromatic carbocycles. The van der Waals surface area contributed by atoms with Gasteiger partial charge >= 0.3 is 5.97 Å². The number of aliphatic hydroxyl groups excluding tert-OH is 1. The number of carbonyl (C=O) groups excluding carboxylic acids is 3. The molecule has 0 saturated heterocycles. The topological polar surface area (TPSA) is 191 Å². The number of nitrogens with one attached hydrogen (secondary N) is 3. The van der Waals surface area contributed by atoms with Crippen molar-refractivity contribution >= 4 is 23.7 Å². The third-order valence-corrected chi connectivity index (χ3v) is 5.06. The van der Waals surface area contributed by atoms with Gasteiger partial charge in [-0.15, -0.1) is 0 Å². The number of nitrogens with two attached hydrogens (primary N) is 1. The van der Waals surface area contributed by atoms with Crippen molar-refractivity contribution in [3.05, 3.63) is 29.8 Å². The van der Waals surface area contributed by atoms with Crippen molar-refractivity contribution in [3.63, 3.8) is 0 Å². The number of hydrogen-bond donors (Lipinski definition) is 7. The first kappa shape index (κ1) is 26.9. The van der Waals surface area contributed by atoms with E-state index < -0.39 is 54.5 Å². The summed E-state index contributed by atoms with van der Waals surface area (Å²) in [6.45, 7) is 4.47. The minimum atomic E-state index is -1.57. The second-order valence-corrected chi connectivity index (χ2v) is 7.68. The Kier molecular flexibility index (Phi) is 10.6. The van der Waals surface area contributed by atoms with Crippen LogP contribution >= 0.6 is 0 Å². The molecule has 1 rings (SSSR count). The van der Waals surface area contributed by atoms with E-state index in [1.165, 1.54) is 31.2 Å². The molecule has 1 aromatic rings. The van der Waals surface area contributed by atoms with Gasteiger partial charge in [0.25, 0.3) is 0 Å². The predicted molar refractivity (Wildman–Crippen MR) is 115 cm³/mol. The minimum Gasteiger partial charge on any atom is -0.508 e. The Hall–Kier alpha value is -3.18. The molecule has 0 aliphatic rings. The summed E-state index contributed by atoms with van der Waals surface area (Å²) in [5.41, 5.74) is 6.40. The molecule has 11 nitrogen and oxygen atoms in total. The van der Waals surface area contributed by atoms with Crippen LogP contribution in [0.2, 0.25) is 0 Å². The first-order chi connectivity index (χ1) is 15.0. The van der Waals surface area contributed by atoms with E-state index in [9.17, 15) is 34.5 Å². The van der Waals surface area contributed by atoms with Crippen molar-refractivity contribution in [1.29, 1.82) is 0 Å². The first-order valence-corrected chi connectivity index (χ1v) is 10.3. The average Bonchev–Trinajstić information content (AvgIpc) is 2.74. The molecule has 178 valence electrons. The number of phenols is 1. The molecule has 0 heterocycles. The summed E-state index contributed by atoms with van der Waals surface area (Å²) in [7, 11) is 0. The number of carboxylic acids is 1. The summed E-state index contributed by atoms with van der Waals surface area (Å²) in [5.74, 6) is -3.53. The summed E-state index contributed by atoms with van der Waals surface area (Å²) < 4.78 is 0. The van der Waals surface area contributed by atoms with E-state index in [1.54, 1.807) is 0 Å². The number of aliphatic hydroxyl groups is 1. The molecule has 32 heavy (non-hydrogen) atoms. The van der Waals surface area contributed by atoms with Crippen molar-refractivity contribution in [3.8, 4) is 5.75 Å². The summed E-state index contributed by atoms with van der Waals surface area (Å²) in [6.07, 6.45) is -0.712. The van der Waals surface area contributed by atoms with Gasteiger partial charge in [-0.05, 0) is 30.5 Å². The van der Waals surface area contributed by atoms with Crippen molar-refractivity contribution in [2.75, 3.05) is 6.54 Å². The Morgan fingerprint density at radius 1 is 1.03 bits per heavy atom. The fraction of sp³-hybridized carbons (Fsp3) is 0.524. The molecule has 0 aromatic heterocycles. The van der Waals surface area contributed by atoms with Crippen molar-refractivity contribution in [2.24, 2.45) is 11.7 Å². The Morgan fingerprint density at radius 2 is 1.62 bits per heavy atom. The SMILES string of the molecule is CCC(C)C(N)C(=O)NCC(=O)NC(Cc1ccc(O)cc1)C(=O)NC(C(=O)O)C(C)O. The van der Waals surface area contributed by atoms with Crippen molar-refractivity contribution < 1.29 is 34.5 Å². The molecule has 0 spiro atoms. The van der Waals surface area contributed by atoms with E-state index >= 15 is 0 Å². The van der Waals surface area contributed by atoms with E-state index in [1.807, 2.05) is 13.8 Å². The van der Waals surface area contributed by atoms with E-state index in [0.29, 0.717) is 12.0 Å². The van der Waals surface area contributed by atoms with E-state index in [0.717, 1.165) is 0 Å². The molecular weight excluding hydrogens is 420 g/mol. The van der Waals surface area contributed by atoms with Gasteiger partial charge in [-0.3, -0.25) is 14.4 Å². The highest BCUT2D eigenvalue weighted by Crippen LogP contribution is 2.12. The molecular formula is C21H32N4O7. The van der Waals surface area contributed by atoms with Gasteiger partial charge in [0.15, 0.2) is 6.04 Å². The molecule has 0 saturated carbocycles. The Bertz CT molecular complexity index is 798. The number of carbonyl (C=O) groups is 4. The third kappa shape index (κ3) is 8.52. The number of rotatable bonds is 12. The molecule has 5 atom stereocenters. The van der Waals surface area contributed by atoms with Crippen molar-refractivity contribution in [2.45, 2.75) is 57.8 Å². The monoisotopic (exact) mass is 452 g/mol. The van der Waals surface area contributed by atoms with Crippen LogP contribution in [0.25, 0.3) is 0 Å². The van der Waals surface area contributed by atoms with Gasteiger partial charge < -0.3 is 37.0 Å². The normalized spacial score (nSPS) is 15.5. The summed E-state index contributed by atoms with van der Waals surface area (Å²) in [5, 5.41) is 35.3. The Morgan fingerprint density at radius 3 is 2.12 bits per heavy atom. The first-order valence-electron chi connectivity index (χ1n) is 10.3. The molecule has 3 amide bonds. The minimum absolute atomic E-state index is 0.0131. The highest BCUT2D eigenvalue weighted by Gasteiger charge is 2.30. The number of aromatic hydroxyl groups is 1. The van der Waals surface area contributed by atoms with Gasteiger partial charge in [0.05, 0.1) is 18.7 Å². The smallest absolute Gasteiger partial charge is 0.328 e. The number of aliphatic carboxylic acids is 1. The quantitative estimate of drug-likeness (QED) is 0.207. The maximum atomic E-state index is 12.7. The number of amides is 3. The van der Waals surface area contributed by atoms with Crippen LogP contribution in [-0.4, -0.2) is 69.8 Å². The molecule has 0 aliphatic heterocycles. The van der Waals surface area contributed by atoms with E-state index in [-0.39, 0.29) is 18.1 Å². The van der Waals surface area contributed by atoms with Crippen LogP contribution in [-0.2, 0) is 25.6 Å². The van der Waals surface area contributed by atoms with Gasteiger partial charge in [0.2, 0.25) is 17.7 Å². The van der Waals surface area contributed by atoms with Gasteiger partial charge in [-0.1, -0.05) is 32.4 Å². The van der Waals surface area contributed by atoms with E-state index in [2.05, 4.69) is 16.0 Å². The van der Waals surface area contributed by atoms with Gasteiger partial charge in [0, 0.05) is 6.42 Å². The molecule has 11 heteroatoms. The average molecular weight is 453 g/mol. The van der Waals surface area contributed by atoms with Crippen LogP contribution in [0.3, 0.4) is 0 Å². The highest BCUT2D eigenvalue weighted by atomic mass is 16.4. The van der Waals surface area contributed by atoms with Gasteiger partial charge in [0.1, 0.15) is 11.8 Å². The lowest BCUT2D eigenvalue weighted by Gasteiger charge is -2.23. The lowest BCUT2D eigenvalue weighted by Crippen LogP contribution is -2.56. The molecule has 0 fully saturated rings. The standard InChI is InChI=1S/C21H32N4O7/c1-4-11(2)17(22)20(30)23-10-16(28)24-15(9-13-5-7-14(27)8-6-13)19(29)25-18(12(3)26)21(31)32/h5-8,11-12,15,17-18,26-27H,4,9-10,22H2,1-3H3,(H,23,30)(H,24,28)(H,25,29)(H,31,32). The summed E-state index contributed by atoms with van der Waals surface area (Å²) in [6, 6.07) is 2.32. The molecule has 5 unspecified atom stereocenters. The second kappa shape index (κ2) is 12.6. The van der Waals surface area contributed by atoms with Crippen LogP contribution in [0.4, 0.5) is 0 Å². The molecule has 8 N–H and O–H groups in total. The van der Waals surface area contributed by atoms with Gasteiger partial charge in [-0.25, -0.2) is 4.79 Å². The molecule has 0 aliphatic carbocycles. The zero-order valence-electron chi connectivity index (χ0n) is 18.4. The van der Waals surface area contributed by atoms with Gasteiger partial charge in [-0.2, -0.15) is 0 Å². The Balaban J connectivity index is 2.88. The van der Waals surface area contributed by atoms with Crippen LogP contribution in [0, 0.1) is 5.92 Å². The van der Waals surface area contributed by atoms with Crippen LogP contribution in [0.15, 0.2) is 24.3 Å². The highest BCUT2D eigenvalue weighted by molar-refractivity contribution is 5.92. The Labute approximate surface area is 186 Å². The third-order valence-electron chi connectivity index (χ3n) is 5.06. The largest absolute Gasteiger partial charge is 0.508 e. The van der Waals surface area contributed by atoms with Crippen LogP contribution in [0.5, 0.6) is 5.75 Å². The molecule has 0 radical (unpaired) electrons. The number of benzene rings is 1. The maximum Gasteiger partial charge on any atom is 0.328 e. The fourth-order valence-corrected chi connectivity index (χ4v) is 2.76. The van der Waals surface area contributed by atoms with Crippen molar-refractivity contribution in [1.82, 2.24) is 16.0 Å². The zero-order valence-corrected chi connectivity index (χ0v) is 18.4. The number of hydrogen-bond acceptors (Lipinski definition) is 7. The van der Waals surface area contributed by atoms with E-state index in [4.69, 9.17) is 5.73 Å². The molecule has 0 bridgehead atoms. The van der Waals surface area contributed by atoms with Crippen LogP contribution in [0.1, 0.15) is 32.8 Å². The summed E-state index contributed by atoms with van der Waals surface area (Å²) >= 11 is 0. The van der Waals surface area contributed by atoms with Crippen LogP contribution < -0.4 is 21.7 Å². The lowest BCUT2D eigenvalue weighted by molar-refractivity contribution is -0.145. The predicted octanol–water partition coefficient (Wildman–Crippen LogP) is -1.14. The number of phenolic OH excluding ortho intramolecular Hbond substituents is 1. The number of carboxylic acid groups (broad SMARTS) is 1. The zero-order chi connectivity index (χ0) is 24.4. The fourth-order valence-electron chi connectivity index (χ4n) is 2.76. The summed E-state index contributed by atoms with van der Waals surface area (Å²) in [4.78, 5) is 48.4. The maximum absolute atomic E-state index is 12.7. The lowest BCUT2D eigenvalue weighted by atomic mass is 9.99.